The van der Waals surface area contributed by atoms with Gasteiger partial charge in [0.15, 0.2) is 0 Å². The first-order valence-corrected chi connectivity index (χ1v) is 7.41. The number of aliphatic hydroxyl groups excluding tert-OH is 1. The van der Waals surface area contributed by atoms with Crippen LogP contribution in [0.5, 0.6) is 11.5 Å². The molecule has 0 fully saturated rings. The van der Waals surface area contributed by atoms with Gasteiger partial charge >= 0.3 is 0 Å². The number of hydrogen-bond acceptors (Lipinski definition) is 3. The minimum Gasteiger partial charge on any atom is -0.457 e. The van der Waals surface area contributed by atoms with Gasteiger partial charge < -0.3 is 15.2 Å². The second-order valence-electron chi connectivity index (χ2n) is 5.04. The van der Waals surface area contributed by atoms with Gasteiger partial charge in [0.2, 0.25) is 0 Å². The Labute approximate surface area is 126 Å². The van der Waals surface area contributed by atoms with Crippen LogP contribution >= 0.6 is 0 Å². The van der Waals surface area contributed by atoms with Crippen molar-refractivity contribution in [3.63, 3.8) is 0 Å². The molecule has 2 aromatic carbocycles. The molecular formula is C18H23NO2. The minimum absolute atomic E-state index is 0.172. The third-order valence-corrected chi connectivity index (χ3v) is 3.60. The van der Waals surface area contributed by atoms with E-state index in [4.69, 9.17) is 9.84 Å². The molecule has 0 radical (unpaired) electrons. The molecule has 0 saturated heterocycles. The monoisotopic (exact) mass is 285 g/mol. The van der Waals surface area contributed by atoms with E-state index in [-0.39, 0.29) is 6.61 Å². The zero-order chi connectivity index (χ0) is 15.1. The minimum atomic E-state index is 0.172. The van der Waals surface area contributed by atoms with Gasteiger partial charge in [-0.25, -0.2) is 0 Å². The summed E-state index contributed by atoms with van der Waals surface area (Å²) in [5.41, 5.74) is 2.38. The van der Waals surface area contributed by atoms with E-state index in [2.05, 4.69) is 24.4 Å². The van der Waals surface area contributed by atoms with Gasteiger partial charge in [-0.3, -0.25) is 0 Å². The van der Waals surface area contributed by atoms with Gasteiger partial charge in [0.25, 0.3) is 0 Å². The predicted molar refractivity (Wildman–Crippen MR) is 85.8 cm³/mol. The Bertz CT molecular complexity index is 530. The Hall–Kier alpha value is -1.84. The van der Waals surface area contributed by atoms with Gasteiger partial charge in [0.05, 0.1) is 0 Å². The maximum atomic E-state index is 8.90. The molecule has 3 heteroatoms. The summed E-state index contributed by atoms with van der Waals surface area (Å²) in [4.78, 5) is 0. The highest BCUT2D eigenvalue weighted by Gasteiger charge is 2.06. The maximum Gasteiger partial charge on any atom is 0.127 e. The van der Waals surface area contributed by atoms with Gasteiger partial charge in [-0.05, 0) is 55.3 Å². The Kier molecular flexibility index (Phi) is 5.78. The first kappa shape index (κ1) is 15.5. The molecule has 3 nitrogen and oxygen atoms in total. The molecule has 21 heavy (non-hydrogen) atoms. The molecule has 2 N–H and O–H groups in total. The fourth-order valence-corrected chi connectivity index (χ4v) is 2.36. The van der Waals surface area contributed by atoms with E-state index in [1.807, 2.05) is 43.4 Å². The Morgan fingerprint density at radius 3 is 2.05 bits per heavy atom. The summed E-state index contributed by atoms with van der Waals surface area (Å²) in [6, 6.07) is 16.4. The van der Waals surface area contributed by atoms with Crippen LogP contribution in [0.4, 0.5) is 0 Å². The number of hydrogen-bond donors (Lipinski definition) is 2. The molecule has 2 rings (SSSR count). The summed E-state index contributed by atoms with van der Waals surface area (Å²) in [6.45, 7) is 2.34. The SMILES string of the molecule is CCC(NC)c1ccc(Oc2ccc(CCO)cc2)cc1. The second kappa shape index (κ2) is 7.81. The van der Waals surface area contributed by atoms with Crippen LogP contribution in [-0.2, 0) is 6.42 Å². The van der Waals surface area contributed by atoms with Crippen molar-refractivity contribution in [3.05, 3.63) is 59.7 Å². The second-order valence-corrected chi connectivity index (χ2v) is 5.04. The smallest absolute Gasteiger partial charge is 0.127 e. The topological polar surface area (TPSA) is 41.5 Å². The van der Waals surface area contributed by atoms with Crippen LogP contribution in [0.25, 0.3) is 0 Å². The number of benzene rings is 2. The van der Waals surface area contributed by atoms with E-state index >= 15 is 0 Å². The quantitative estimate of drug-likeness (QED) is 0.815. The van der Waals surface area contributed by atoms with Crippen LogP contribution in [0, 0.1) is 0 Å². The lowest BCUT2D eigenvalue weighted by Crippen LogP contribution is -2.14. The third-order valence-electron chi connectivity index (χ3n) is 3.60. The molecule has 0 aliphatic rings. The van der Waals surface area contributed by atoms with Gasteiger partial charge in [-0.15, -0.1) is 0 Å². The lowest BCUT2D eigenvalue weighted by Gasteiger charge is -2.14. The van der Waals surface area contributed by atoms with Crippen molar-refractivity contribution in [2.75, 3.05) is 13.7 Å². The highest BCUT2D eigenvalue weighted by atomic mass is 16.5. The van der Waals surface area contributed by atoms with Crippen molar-refractivity contribution in [2.24, 2.45) is 0 Å². The summed E-state index contributed by atoms with van der Waals surface area (Å²) in [6.07, 6.45) is 1.74. The van der Waals surface area contributed by atoms with E-state index in [1.165, 1.54) is 5.56 Å². The van der Waals surface area contributed by atoms with Crippen LogP contribution in [0.1, 0.15) is 30.5 Å². The lowest BCUT2D eigenvalue weighted by atomic mass is 10.0. The summed E-state index contributed by atoms with van der Waals surface area (Å²) < 4.78 is 5.83. The molecule has 0 aromatic heterocycles. The van der Waals surface area contributed by atoms with E-state index in [9.17, 15) is 0 Å². The zero-order valence-electron chi connectivity index (χ0n) is 12.7. The van der Waals surface area contributed by atoms with E-state index < -0.39 is 0 Å². The molecule has 0 bridgehead atoms. The molecule has 0 heterocycles. The highest BCUT2D eigenvalue weighted by molar-refractivity contribution is 5.35. The van der Waals surface area contributed by atoms with Crippen LogP contribution in [0.15, 0.2) is 48.5 Å². The standard InChI is InChI=1S/C18H23NO2/c1-3-18(19-2)15-6-10-17(11-7-15)21-16-8-4-14(5-9-16)12-13-20/h4-11,18-20H,3,12-13H2,1-2H3. The van der Waals surface area contributed by atoms with Crippen LogP contribution in [-0.4, -0.2) is 18.8 Å². The summed E-state index contributed by atoms with van der Waals surface area (Å²) in [5, 5.41) is 12.2. The zero-order valence-corrected chi connectivity index (χ0v) is 12.7. The Morgan fingerprint density at radius 1 is 1.00 bits per heavy atom. The van der Waals surface area contributed by atoms with Crippen molar-refractivity contribution in [1.29, 1.82) is 0 Å². The molecule has 0 spiro atoms. The predicted octanol–water partition coefficient (Wildman–Crippen LogP) is 3.68. The fourth-order valence-electron chi connectivity index (χ4n) is 2.36. The molecule has 0 aliphatic carbocycles. The number of aliphatic hydroxyl groups is 1. The first-order valence-electron chi connectivity index (χ1n) is 7.41. The lowest BCUT2D eigenvalue weighted by molar-refractivity contribution is 0.299. The van der Waals surface area contributed by atoms with Crippen molar-refractivity contribution in [1.82, 2.24) is 5.32 Å². The van der Waals surface area contributed by atoms with Crippen molar-refractivity contribution < 1.29 is 9.84 Å². The highest BCUT2D eigenvalue weighted by Crippen LogP contribution is 2.24. The van der Waals surface area contributed by atoms with Gasteiger partial charge in [-0.2, -0.15) is 0 Å². The molecule has 1 unspecified atom stereocenters. The summed E-state index contributed by atoms with van der Waals surface area (Å²) in [5.74, 6) is 1.64. The molecule has 2 aromatic rings. The van der Waals surface area contributed by atoms with Crippen LogP contribution in [0.2, 0.25) is 0 Å². The molecule has 0 saturated carbocycles. The number of ether oxygens (including phenoxy) is 1. The third kappa shape index (κ3) is 4.31. The van der Waals surface area contributed by atoms with E-state index in [0.717, 1.165) is 23.5 Å². The summed E-state index contributed by atoms with van der Waals surface area (Å²) >= 11 is 0. The fraction of sp³-hybridized carbons (Fsp3) is 0.333. The van der Waals surface area contributed by atoms with E-state index in [1.54, 1.807) is 0 Å². The number of rotatable bonds is 7. The average Bonchev–Trinajstić information content (AvgIpc) is 2.52. The molecule has 112 valence electrons. The first-order chi connectivity index (χ1) is 10.3. The van der Waals surface area contributed by atoms with Crippen molar-refractivity contribution in [3.8, 4) is 11.5 Å². The van der Waals surface area contributed by atoms with Crippen molar-refractivity contribution >= 4 is 0 Å². The van der Waals surface area contributed by atoms with Crippen LogP contribution < -0.4 is 10.1 Å². The average molecular weight is 285 g/mol. The van der Waals surface area contributed by atoms with Crippen molar-refractivity contribution in [2.45, 2.75) is 25.8 Å². The summed E-state index contributed by atoms with van der Waals surface area (Å²) in [7, 11) is 1.98. The Balaban J connectivity index is 2.02. The largest absolute Gasteiger partial charge is 0.457 e. The number of nitrogens with one attached hydrogen (secondary N) is 1. The van der Waals surface area contributed by atoms with E-state index in [0.29, 0.717) is 12.5 Å². The van der Waals surface area contributed by atoms with Gasteiger partial charge in [-0.1, -0.05) is 31.2 Å². The molecule has 0 aliphatic heterocycles. The van der Waals surface area contributed by atoms with Gasteiger partial charge in [0.1, 0.15) is 11.5 Å². The molecule has 1 atom stereocenters. The van der Waals surface area contributed by atoms with Crippen LogP contribution in [0.3, 0.4) is 0 Å². The molecular weight excluding hydrogens is 262 g/mol. The molecule has 0 amide bonds. The Morgan fingerprint density at radius 2 is 1.57 bits per heavy atom. The normalized spacial score (nSPS) is 12.1. The maximum absolute atomic E-state index is 8.90. The van der Waals surface area contributed by atoms with Gasteiger partial charge in [0, 0.05) is 12.6 Å².